The summed E-state index contributed by atoms with van der Waals surface area (Å²) >= 11 is 0. The molecule has 0 N–H and O–H groups in total. The Balaban J connectivity index is 1.37. The van der Waals surface area contributed by atoms with Gasteiger partial charge in [-0.1, -0.05) is 62.8 Å². The van der Waals surface area contributed by atoms with Crippen molar-refractivity contribution in [1.29, 1.82) is 0 Å². The molecule has 5 rings (SSSR count). The third kappa shape index (κ3) is 7.61. The van der Waals surface area contributed by atoms with Gasteiger partial charge in [0.05, 0.1) is 20.3 Å². The molecule has 0 atom stereocenters. The van der Waals surface area contributed by atoms with E-state index in [1.54, 1.807) is 18.2 Å². The summed E-state index contributed by atoms with van der Waals surface area (Å²) in [6.45, 7) is 5.34. The molecule has 0 saturated carbocycles. The lowest BCUT2D eigenvalue weighted by molar-refractivity contribution is 0.308. The van der Waals surface area contributed by atoms with Gasteiger partial charge in [-0.2, -0.15) is 0 Å². The molecular formula is C39H35F3O3. The van der Waals surface area contributed by atoms with Crippen LogP contribution in [0.15, 0.2) is 84.9 Å². The van der Waals surface area contributed by atoms with Gasteiger partial charge < -0.3 is 14.2 Å². The van der Waals surface area contributed by atoms with Crippen LogP contribution in [0.2, 0.25) is 0 Å². The summed E-state index contributed by atoms with van der Waals surface area (Å²) < 4.78 is 62.4. The van der Waals surface area contributed by atoms with Crippen LogP contribution < -0.4 is 14.2 Å². The maximum absolute atomic E-state index is 15.4. The Labute approximate surface area is 262 Å². The highest BCUT2D eigenvalue weighted by Gasteiger charge is 2.16. The van der Waals surface area contributed by atoms with E-state index >= 15 is 8.78 Å². The second-order valence-corrected chi connectivity index (χ2v) is 10.7. The first kappa shape index (κ1) is 31.5. The van der Waals surface area contributed by atoms with Crippen LogP contribution in [0.25, 0.3) is 33.0 Å². The third-order valence-corrected chi connectivity index (χ3v) is 7.48. The predicted molar refractivity (Wildman–Crippen MR) is 174 cm³/mol. The van der Waals surface area contributed by atoms with Gasteiger partial charge in [0.15, 0.2) is 0 Å². The summed E-state index contributed by atoms with van der Waals surface area (Å²) in [5, 5.41) is 2.02. The van der Waals surface area contributed by atoms with Crippen LogP contribution in [0, 0.1) is 29.3 Å². The lowest BCUT2D eigenvalue weighted by atomic mass is 9.98. The van der Waals surface area contributed by atoms with Gasteiger partial charge in [0.2, 0.25) is 0 Å². The molecule has 0 amide bonds. The van der Waals surface area contributed by atoms with Crippen molar-refractivity contribution in [3.63, 3.8) is 0 Å². The van der Waals surface area contributed by atoms with E-state index in [9.17, 15) is 4.39 Å². The van der Waals surface area contributed by atoms with Gasteiger partial charge in [0, 0.05) is 22.8 Å². The zero-order valence-corrected chi connectivity index (χ0v) is 25.7. The fraction of sp³-hybridized carbons (Fsp3) is 0.231. The topological polar surface area (TPSA) is 27.7 Å². The zero-order chi connectivity index (χ0) is 31.8. The van der Waals surface area contributed by atoms with E-state index in [2.05, 4.69) is 18.8 Å². The molecule has 0 aliphatic rings. The number of hydrogen-bond acceptors (Lipinski definition) is 3. The lowest BCUT2D eigenvalue weighted by Crippen LogP contribution is -1.98. The average molecular weight is 609 g/mol. The molecule has 0 aliphatic heterocycles. The Bertz CT molecular complexity index is 1870. The highest BCUT2D eigenvalue weighted by Crippen LogP contribution is 2.34. The van der Waals surface area contributed by atoms with Crippen molar-refractivity contribution in [2.75, 3.05) is 20.3 Å². The molecule has 0 fully saturated rings. The number of ether oxygens (including phenoxy) is 3. The molecular weight excluding hydrogens is 573 g/mol. The van der Waals surface area contributed by atoms with Gasteiger partial charge in [-0.15, -0.1) is 0 Å². The number of benzene rings is 5. The summed E-state index contributed by atoms with van der Waals surface area (Å²) in [5.74, 6) is 5.57. The van der Waals surface area contributed by atoms with Crippen LogP contribution in [0.1, 0.15) is 50.7 Å². The van der Waals surface area contributed by atoms with Crippen LogP contribution >= 0.6 is 0 Å². The largest absolute Gasteiger partial charge is 0.495 e. The van der Waals surface area contributed by atoms with Crippen molar-refractivity contribution in [2.45, 2.75) is 39.5 Å². The maximum Gasteiger partial charge on any atom is 0.143 e. The van der Waals surface area contributed by atoms with E-state index in [0.29, 0.717) is 30.1 Å². The van der Waals surface area contributed by atoms with Gasteiger partial charge in [-0.25, -0.2) is 13.2 Å². The van der Waals surface area contributed by atoms with Gasteiger partial charge >= 0.3 is 0 Å². The number of methoxy groups -OCH3 is 1. The second-order valence-electron chi connectivity index (χ2n) is 10.7. The third-order valence-electron chi connectivity index (χ3n) is 7.48. The van der Waals surface area contributed by atoms with Gasteiger partial charge in [0.25, 0.3) is 0 Å². The van der Waals surface area contributed by atoms with Gasteiger partial charge in [-0.3, -0.25) is 0 Å². The molecule has 3 nitrogen and oxygen atoms in total. The van der Waals surface area contributed by atoms with E-state index in [1.807, 2.05) is 43.3 Å². The SMILES string of the molecule is CCCCOc1ccc(-c2ccc(-c3cc(F)c(C#Cc4ccc5cc(OCCCC)ccc5c4)c(OC)c3)cc2F)c(F)c1. The maximum atomic E-state index is 15.4. The molecule has 5 aromatic carbocycles. The van der Waals surface area contributed by atoms with Crippen molar-refractivity contribution >= 4 is 10.8 Å². The van der Waals surface area contributed by atoms with E-state index < -0.39 is 17.5 Å². The smallest absolute Gasteiger partial charge is 0.143 e. The molecule has 0 aliphatic carbocycles. The molecule has 0 saturated heterocycles. The summed E-state index contributed by atoms with van der Waals surface area (Å²) in [6, 6.07) is 23.4. The minimum absolute atomic E-state index is 0.0985. The van der Waals surface area contributed by atoms with Crippen LogP contribution in [-0.4, -0.2) is 20.3 Å². The molecule has 45 heavy (non-hydrogen) atoms. The van der Waals surface area contributed by atoms with Crippen molar-refractivity contribution in [2.24, 2.45) is 0 Å². The fourth-order valence-electron chi connectivity index (χ4n) is 4.94. The highest BCUT2D eigenvalue weighted by molar-refractivity contribution is 5.85. The van der Waals surface area contributed by atoms with Crippen LogP contribution in [-0.2, 0) is 0 Å². The molecule has 0 bridgehead atoms. The standard InChI is InChI=1S/C39H35F3O3/c1-4-6-18-44-31-13-11-27-20-26(8-10-28(27)21-31)9-15-35-37(41)23-30(24-39(35)43-3)29-12-16-33(36(40)22-29)34-17-14-32(25-38(34)42)45-19-7-5-2/h8,10-14,16-17,20-25H,4-7,18-19H2,1-3H3. The molecule has 0 aromatic heterocycles. The summed E-state index contributed by atoms with van der Waals surface area (Å²) in [5.41, 5.74) is 1.86. The Hall–Kier alpha value is -4.89. The predicted octanol–water partition coefficient (Wildman–Crippen LogP) is 10.4. The number of halogens is 3. The summed E-state index contributed by atoms with van der Waals surface area (Å²) in [4.78, 5) is 0. The lowest BCUT2D eigenvalue weighted by Gasteiger charge is -2.12. The first-order valence-electron chi connectivity index (χ1n) is 15.2. The van der Waals surface area contributed by atoms with Gasteiger partial charge in [0.1, 0.15) is 40.3 Å². The molecule has 5 aromatic rings. The Morgan fingerprint density at radius 3 is 1.84 bits per heavy atom. The summed E-state index contributed by atoms with van der Waals surface area (Å²) in [6.07, 6.45) is 3.90. The Morgan fingerprint density at radius 1 is 0.578 bits per heavy atom. The molecule has 0 spiro atoms. The normalized spacial score (nSPS) is 10.8. The van der Waals surface area contributed by atoms with E-state index in [4.69, 9.17) is 14.2 Å². The number of fused-ring (bicyclic) bond motifs is 1. The van der Waals surface area contributed by atoms with Crippen molar-refractivity contribution in [1.82, 2.24) is 0 Å². The highest BCUT2D eigenvalue weighted by atomic mass is 19.1. The molecule has 0 heterocycles. The van der Waals surface area contributed by atoms with Crippen LogP contribution in [0.5, 0.6) is 17.2 Å². The molecule has 0 radical (unpaired) electrons. The van der Waals surface area contributed by atoms with Crippen LogP contribution in [0.4, 0.5) is 13.2 Å². The quantitative estimate of drug-likeness (QED) is 0.110. The second kappa shape index (κ2) is 14.7. The van der Waals surface area contributed by atoms with Crippen LogP contribution in [0.3, 0.4) is 0 Å². The monoisotopic (exact) mass is 608 g/mol. The van der Waals surface area contributed by atoms with E-state index in [-0.39, 0.29) is 22.4 Å². The first-order chi connectivity index (χ1) is 21.9. The zero-order valence-electron chi connectivity index (χ0n) is 25.7. The van der Waals surface area contributed by atoms with E-state index in [1.165, 1.54) is 37.4 Å². The van der Waals surface area contributed by atoms with E-state index in [0.717, 1.165) is 47.8 Å². The van der Waals surface area contributed by atoms with Crippen molar-refractivity contribution in [3.05, 3.63) is 114 Å². The fourth-order valence-corrected chi connectivity index (χ4v) is 4.94. The molecule has 0 unspecified atom stereocenters. The number of hydrogen-bond donors (Lipinski definition) is 0. The average Bonchev–Trinajstić information content (AvgIpc) is 3.04. The summed E-state index contributed by atoms with van der Waals surface area (Å²) in [7, 11) is 1.43. The van der Waals surface area contributed by atoms with Crippen molar-refractivity contribution < 1.29 is 27.4 Å². The molecule has 6 heteroatoms. The number of unbranched alkanes of at least 4 members (excludes halogenated alkanes) is 2. The van der Waals surface area contributed by atoms with Crippen molar-refractivity contribution in [3.8, 4) is 51.3 Å². The first-order valence-corrected chi connectivity index (χ1v) is 15.2. The minimum Gasteiger partial charge on any atom is -0.495 e. The Kier molecular flexibility index (Phi) is 10.3. The Morgan fingerprint density at radius 2 is 1.18 bits per heavy atom. The van der Waals surface area contributed by atoms with Gasteiger partial charge in [-0.05, 0) is 89.3 Å². The molecule has 230 valence electrons. The number of rotatable bonds is 11. The minimum atomic E-state index is -0.634.